The van der Waals surface area contributed by atoms with Crippen LogP contribution >= 0.6 is 0 Å². The molecule has 1 N–H and O–H groups in total. The number of aromatic nitrogens is 3. The van der Waals surface area contributed by atoms with Gasteiger partial charge < -0.3 is 15.0 Å². The van der Waals surface area contributed by atoms with Crippen LogP contribution in [-0.4, -0.2) is 52.0 Å². The smallest absolute Gasteiger partial charge is 0.226 e. The number of ether oxygens (including phenoxy) is 1. The molecule has 0 atom stereocenters. The summed E-state index contributed by atoms with van der Waals surface area (Å²) >= 11 is 0. The van der Waals surface area contributed by atoms with Crippen molar-refractivity contribution in [3.05, 3.63) is 66.1 Å². The van der Waals surface area contributed by atoms with Crippen LogP contribution < -0.4 is 10.1 Å². The molecule has 0 unspecified atom stereocenters. The van der Waals surface area contributed by atoms with Crippen LogP contribution in [0.15, 0.2) is 54.9 Å². The van der Waals surface area contributed by atoms with Crippen LogP contribution in [0.1, 0.15) is 42.9 Å². The average molecular weight is 444 g/mol. The van der Waals surface area contributed by atoms with Crippen LogP contribution in [0.25, 0.3) is 11.3 Å². The van der Waals surface area contributed by atoms with Gasteiger partial charge in [0.25, 0.3) is 0 Å². The molecule has 2 fully saturated rings. The first-order chi connectivity index (χ1) is 16.2. The number of rotatable bonds is 7. The SMILES string of the molecule is COc1cccc(CC(=O)N2CCC(c3nc(NC4CC4)ncc3-c3ccccn3)CC2)c1. The Morgan fingerprint density at radius 2 is 1.94 bits per heavy atom. The zero-order valence-corrected chi connectivity index (χ0v) is 18.9. The Kier molecular flexibility index (Phi) is 6.19. The third-order valence-electron chi connectivity index (χ3n) is 6.39. The maximum atomic E-state index is 12.9. The van der Waals surface area contributed by atoms with Crippen LogP contribution in [0.3, 0.4) is 0 Å². The van der Waals surface area contributed by atoms with Gasteiger partial charge >= 0.3 is 0 Å². The van der Waals surface area contributed by atoms with Crippen LogP contribution in [0.2, 0.25) is 0 Å². The molecule has 0 bridgehead atoms. The first-order valence-corrected chi connectivity index (χ1v) is 11.6. The van der Waals surface area contributed by atoms with Crippen molar-refractivity contribution in [2.75, 3.05) is 25.5 Å². The van der Waals surface area contributed by atoms with Crippen molar-refractivity contribution in [3.63, 3.8) is 0 Å². The number of carbonyl (C=O) groups is 1. The molecule has 33 heavy (non-hydrogen) atoms. The molecule has 1 amide bonds. The van der Waals surface area contributed by atoms with E-state index in [1.54, 1.807) is 13.3 Å². The fourth-order valence-electron chi connectivity index (χ4n) is 4.38. The summed E-state index contributed by atoms with van der Waals surface area (Å²) in [5.41, 5.74) is 3.89. The number of anilines is 1. The number of hydrogen-bond donors (Lipinski definition) is 1. The highest BCUT2D eigenvalue weighted by Gasteiger charge is 2.28. The van der Waals surface area contributed by atoms with Gasteiger partial charge in [-0.25, -0.2) is 9.97 Å². The van der Waals surface area contributed by atoms with Crippen molar-refractivity contribution in [1.82, 2.24) is 19.9 Å². The van der Waals surface area contributed by atoms with E-state index in [1.807, 2.05) is 53.6 Å². The second kappa shape index (κ2) is 9.57. The highest BCUT2D eigenvalue weighted by Crippen LogP contribution is 2.34. The van der Waals surface area contributed by atoms with Crippen molar-refractivity contribution in [2.45, 2.75) is 44.1 Å². The maximum absolute atomic E-state index is 12.9. The zero-order chi connectivity index (χ0) is 22.6. The van der Waals surface area contributed by atoms with E-state index >= 15 is 0 Å². The summed E-state index contributed by atoms with van der Waals surface area (Å²) in [5, 5.41) is 3.42. The normalized spacial score (nSPS) is 16.5. The predicted molar refractivity (Wildman–Crippen MR) is 127 cm³/mol. The third-order valence-corrected chi connectivity index (χ3v) is 6.39. The van der Waals surface area contributed by atoms with Crippen molar-refractivity contribution >= 4 is 11.9 Å². The molecule has 2 aromatic heterocycles. The van der Waals surface area contributed by atoms with Crippen LogP contribution in [0.5, 0.6) is 5.75 Å². The molecular weight excluding hydrogens is 414 g/mol. The van der Waals surface area contributed by atoms with Crippen molar-refractivity contribution < 1.29 is 9.53 Å². The fourth-order valence-corrected chi connectivity index (χ4v) is 4.38. The van der Waals surface area contributed by atoms with Crippen LogP contribution in [0.4, 0.5) is 5.95 Å². The lowest BCUT2D eigenvalue weighted by atomic mass is 9.89. The van der Waals surface area contributed by atoms with E-state index in [2.05, 4.69) is 15.3 Å². The Hall–Kier alpha value is -3.48. The first-order valence-electron chi connectivity index (χ1n) is 11.6. The number of benzene rings is 1. The molecule has 7 nitrogen and oxygen atoms in total. The topological polar surface area (TPSA) is 80.2 Å². The minimum absolute atomic E-state index is 0.158. The average Bonchev–Trinajstić information content (AvgIpc) is 3.69. The van der Waals surface area contributed by atoms with Crippen molar-refractivity contribution in [2.24, 2.45) is 0 Å². The molecule has 1 aromatic carbocycles. The largest absolute Gasteiger partial charge is 0.497 e. The van der Waals surface area contributed by atoms with E-state index in [4.69, 9.17) is 9.72 Å². The highest BCUT2D eigenvalue weighted by atomic mass is 16.5. The summed E-state index contributed by atoms with van der Waals surface area (Å²) in [4.78, 5) is 28.9. The number of piperidine rings is 1. The number of likely N-dealkylation sites (tertiary alicyclic amines) is 1. The van der Waals surface area contributed by atoms with Crippen molar-refractivity contribution in [3.8, 4) is 17.0 Å². The Morgan fingerprint density at radius 1 is 1.09 bits per heavy atom. The van der Waals surface area contributed by atoms with Gasteiger partial charge in [0, 0.05) is 43.0 Å². The number of pyridine rings is 1. The molecule has 1 saturated carbocycles. The van der Waals surface area contributed by atoms with E-state index in [-0.39, 0.29) is 11.8 Å². The number of carbonyl (C=O) groups excluding carboxylic acids is 1. The third kappa shape index (κ3) is 5.13. The van der Waals surface area contributed by atoms with Gasteiger partial charge in [0.05, 0.1) is 24.9 Å². The van der Waals surface area contributed by atoms with E-state index in [9.17, 15) is 4.79 Å². The lowest BCUT2D eigenvalue weighted by molar-refractivity contribution is -0.131. The second-order valence-electron chi connectivity index (χ2n) is 8.81. The first kappa shape index (κ1) is 21.4. The molecule has 3 heterocycles. The number of amides is 1. The van der Waals surface area contributed by atoms with Gasteiger partial charge in [-0.05, 0) is 55.5 Å². The summed E-state index contributed by atoms with van der Waals surface area (Å²) in [7, 11) is 1.64. The minimum atomic E-state index is 0.158. The van der Waals surface area contributed by atoms with Gasteiger partial charge in [0.1, 0.15) is 5.75 Å². The molecule has 0 radical (unpaired) electrons. The lowest BCUT2D eigenvalue weighted by Crippen LogP contribution is -2.39. The van der Waals surface area contributed by atoms with E-state index < -0.39 is 0 Å². The van der Waals surface area contributed by atoms with Gasteiger partial charge in [-0.15, -0.1) is 0 Å². The van der Waals surface area contributed by atoms with E-state index in [1.165, 1.54) is 12.8 Å². The standard InChI is InChI=1S/C26H29N5O2/c1-33-21-6-4-5-18(15-21)16-24(32)31-13-10-19(11-14-31)25-22(23-7-2-3-12-27-23)17-28-26(30-25)29-20-8-9-20/h2-7,12,15,17,19-20H,8-11,13-14,16H2,1H3,(H,28,29,30). The molecule has 1 aliphatic carbocycles. The summed E-state index contributed by atoms with van der Waals surface area (Å²) in [6.45, 7) is 1.45. The Morgan fingerprint density at radius 3 is 2.67 bits per heavy atom. The molecule has 2 aliphatic rings. The fraction of sp³-hybridized carbons (Fsp3) is 0.385. The van der Waals surface area contributed by atoms with Crippen molar-refractivity contribution in [1.29, 1.82) is 0 Å². The molecule has 1 aliphatic heterocycles. The zero-order valence-electron chi connectivity index (χ0n) is 18.9. The molecule has 170 valence electrons. The Bertz CT molecular complexity index is 1110. The summed E-state index contributed by atoms with van der Waals surface area (Å²) in [6, 6.07) is 14.1. The molecule has 0 spiro atoms. The summed E-state index contributed by atoms with van der Waals surface area (Å²) < 4.78 is 5.28. The minimum Gasteiger partial charge on any atom is -0.497 e. The quantitative estimate of drug-likeness (QED) is 0.593. The van der Waals surface area contributed by atoms with E-state index in [0.29, 0.717) is 18.4 Å². The van der Waals surface area contributed by atoms with Gasteiger partial charge in [-0.3, -0.25) is 9.78 Å². The number of nitrogens with zero attached hydrogens (tertiary/aromatic N) is 4. The Balaban J connectivity index is 1.29. The molecule has 7 heteroatoms. The van der Waals surface area contributed by atoms with Crippen LogP contribution in [-0.2, 0) is 11.2 Å². The van der Waals surface area contributed by atoms with Crippen LogP contribution in [0, 0.1) is 0 Å². The number of nitrogens with one attached hydrogen (secondary N) is 1. The monoisotopic (exact) mass is 443 g/mol. The predicted octanol–water partition coefficient (Wildman–Crippen LogP) is 4.07. The van der Waals surface area contributed by atoms with Gasteiger partial charge in [-0.2, -0.15) is 0 Å². The molecule has 1 saturated heterocycles. The van der Waals surface area contributed by atoms with Gasteiger partial charge in [0.2, 0.25) is 11.9 Å². The maximum Gasteiger partial charge on any atom is 0.226 e. The molecule has 3 aromatic rings. The van der Waals surface area contributed by atoms with Gasteiger partial charge in [-0.1, -0.05) is 18.2 Å². The molecule has 5 rings (SSSR count). The van der Waals surface area contributed by atoms with Gasteiger partial charge in [0.15, 0.2) is 0 Å². The summed E-state index contributed by atoms with van der Waals surface area (Å²) in [5.74, 6) is 1.90. The molecular formula is C26H29N5O2. The second-order valence-corrected chi connectivity index (χ2v) is 8.81. The highest BCUT2D eigenvalue weighted by molar-refractivity contribution is 5.79. The Labute approximate surface area is 194 Å². The number of methoxy groups -OCH3 is 1. The van der Waals surface area contributed by atoms with E-state index in [0.717, 1.165) is 54.2 Å². The number of hydrogen-bond acceptors (Lipinski definition) is 6. The summed E-state index contributed by atoms with van der Waals surface area (Å²) in [6.07, 6.45) is 8.20. The lowest BCUT2D eigenvalue weighted by Gasteiger charge is -2.32.